The highest BCUT2D eigenvalue weighted by atomic mass is 32.1. The Balaban J connectivity index is 2.03. The molecule has 0 radical (unpaired) electrons. The first kappa shape index (κ1) is 13.6. The summed E-state index contributed by atoms with van der Waals surface area (Å²) in [5, 5.41) is 6.36. The lowest BCUT2D eigenvalue weighted by Crippen LogP contribution is -2.27. The van der Waals surface area contributed by atoms with Crippen LogP contribution in [-0.4, -0.2) is 5.91 Å². The van der Waals surface area contributed by atoms with E-state index in [2.05, 4.69) is 11.4 Å². The number of rotatable bonds is 4. The molecule has 106 valence electrons. The number of aryl methyl sites for hydroxylation is 1. The van der Waals surface area contributed by atoms with Crippen molar-refractivity contribution >= 4 is 33.0 Å². The van der Waals surface area contributed by atoms with Crippen molar-refractivity contribution in [3.8, 4) is 0 Å². The van der Waals surface area contributed by atoms with Gasteiger partial charge in [0.15, 0.2) is 0 Å². The van der Waals surface area contributed by atoms with Crippen LogP contribution in [-0.2, 0) is 4.79 Å². The van der Waals surface area contributed by atoms with Crippen molar-refractivity contribution < 1.29 is 4.79 Å². The van der Waals surface area contributed by atoms with Crippen LogP contribution in [0.4, 0.5) is 5.69 Å². The molecule has 4 heteroatoms. The van der Waals surface area contributed by atoms with Gasteiger partial charge < -0.3 is 11.1 Å². The molecule has 1 heterocycles. The topological polar surface area (TPSA) is 55.1 Å². The molecule has 0 spiro atoms. The van der Waals surface area contributed by atoms with Gasteiger partial charge in [0.25, 0.3) is 0 Å². The van der Waals surface area contributed by atoms with Gasteiger partial charge in [0.1, 0.15) is 6.04 Å². The normalized spacial score (nSPS) is 12.2. The molecule has 2 aromatic carbocycles. The molecule has 0 saturated heterocycles. The summed E-state index contributed by atoms with van der Waals surface area (Å²) in [6, 6.07) is 15.4. The molecule has 1 amide bonds. The van der Waals surface area contributed by atoms with E-state index in [1.165, 1.54) is 0 Å². The fourth-order valence-corrected chi connectivity index (χ4v) is 3.40. The zero-order chi connectivity index (χ0) is 14.8. The molecule has 1 unspecified atom stereocenters. The van der Waals surface area contributed by atoms with Gasteiger partial charge in [-0.2, -0.15) is 0 Å². The minimum absolute atomic E-state index is 0.373. The molecule has 0 aliphatic rings. The number of carbonyl (C=O) groups is 1. The molecular formula is C17H16N2OS. The van der Waals surface area contributed by atoms with E-state index in [1.54, 1.807) is 11.3 Å². The third-order valence-corrected chi connectivity index (χ3v) is 4.53. The minimum Gasteiger partial charge on any atom is -0.370 e. The van der Waals surface area contributed by atoms with Crippen LogP contribution >= 0.6 is 11.3 Å². The predicted octanol–water partition coefficient (Wildman–Crippen LogP) is 3.85. The smallest absolute Gasteiger partial charge is 0.244 e. The number of hydrogen-bond acceptors (Lipinski definition) is 3. The van der Waals surface area contributed by atoms with Gasteiger partial charge >= 0.3 is 0 Å². The largest absolute Gasteiger partial charge is 0.370 e. The van der Waals surface area contributed by atoms with Gasteiger partial charge in [-0.15, -0.1) is 11.3 Å². The van der Waals surface area contributed by atoms with E-state index in [0.717, 1.165) is 26.9 Å². The maximum atomic E-state index is 11.9. The summed E-state index contributed by atoms with van der Waals surface area (Å²) in [4.78, 5) is 11.9. The number of fused-ring (bicyclic) bond motifs is 1. The highest BCUT2D eigenvalue weighted by Crippen LogP contribution is 2.32. The van der Waals surface area contributed by atoms with Crippen LogP contribution in [0.15, 0.2) is 53.9 Å². The van der Waals surface area contributed by atoms with Crippen molar-refractivity contribution in [2.24, 2.45) is 5.73 Å². The summed E-state index contributed by atoms with van der Waals surface area (Å²) in [7, 11) is 0. The highest BCUT2D eigenvalue weighted by Gasteiger charge is 2.21. The van der Waals surface area contributed by atoms with Gasteiger partial charge in [-0.3, -0.25) is 4.79 Å². The lowest BCUT2D eigenvalue weighted by molar-refractivity contribution is -0.118. The number of primary amides is 1. The molecule has 0 bridgehead atoms. The van der Waals surface area contributed by atoms with E-state index >= 15 is 0 Å². The number of thiophene rings is 1. The van der Waals surface area contributed by atoms with Gasteiger partial charge in [0.2, 0.25) is 5.91 Å². The highest BCUT2D eigenvalue weighted by molar-refractivity contribution is 7.17. The third kappa shape index (κ3) is 2.62. The van der Waals surface area contributed by atoms with E-state index in [0.29, 0.717) is 0 Å². The maximum absolute atomic E-state index is 11.9. The van der Waals surface area contributed by atoms with Crippen LogP contribution in [0.3, 0.4) is 0 Å². The molecule has 0 aliphatic heterocycles. The minimum atomic E-state index is -0.526. The Bertz CT molecular complexity index is 794. The van der Waals surface area contributed by atoms with Crippen LogP contribution in [0.5, 0.6) is 0 Å². The average molecular weight is 296 g/mol. The molecule has 3 aromatic rings. The van der Waals surface area contributed by atoms with E-state index in [1.807, 2.05) is 54.8 Å². The second-order valence-electron chi connectivity index (χ2n) is 4.98. The van der Waals surface area contributed by atoms with Crippen molar-refractivity contribution in [3.63, 3.8) is 0 Å². The summed E-state index contributed by atoms with van der Waals surface area (Å²) < 4.78 is 1.16. The second kappa shape index (κ2) is 5.58. The number of hydrogen-bond donors (Lipinski definition) is 2. The summed E-state index contributed by atoms with van der Waals surface area (Å²) in [5.74, 6) is -0.373. The zero-order valence-electron chi connectivity index (χ0n) is 11.7. The zero-order valence-corrected chi connectivity index (χ0v) is 12.5. The Hall–Kier alpha value is -2.33. The summed E-state index contributed by atoms with van der Waals surface area (Å²) in [5.41, 5.74) is 8.57. The summed E-state index contributed by atoms with van der Waals surface area (Å²) in [6.45, 7) is 2.01. The fourth-order valence-electron chi connectivity index (χ4n) is 2.41. The SMILES string of the molecule is Cc1ccccc1NC(C(N)=O)c1csc2ccccc12. The van der Waals surface area contributed by atoms with Crippen molar-refractivity contribution in [2.75, 3.05) is 5.32 Å². The van der Waals surface area contributed by atoms with Crippen molar-refractivity contribution in [1.82, 2.24) is 0 Å². The first-order valence-corrected chi connectivity index (χ1v) is 7.62. The third-order valence-electron chi connectivity index (χ3n) is 3.55. The lowest BCUT2D eigenvalue weighted by Gasteiger charge is -2.18. The number of amides is 1. The Morgan fingerprint density at radius 3 is 2.62 bits per heavy atom. The summed E-state index contributed by atoms with van der Waals surface area (Å²) >= 11 is 1.63. The van der Waals surface area contributed by atoms with Crippen molar-refractivity contribution in [2.45, 2.75) is 13.0 Å². The lowest BCUT2D eigenvalue weighted by atomic mass is 10.0. The number of carbonyl (C=O) groups excluding carboxylic acids is 1. The molecule has 1 aromatic heterocycles. The fraction of sp³-hybridized carbons (Fsp3) is 0.118. The van der Waals surface area contributed by atoms with Crippen LogP contribution in [0, 0.1) is 6.92 Å². The van der Waals surface area contributed by atoms with Crippen LogP contribution in [0.2, 0.25) is 0 Å². The Labute approximate surface area is 127 Å². The Kier molecular flexibility index (Phi) is 3.62. The number of nitrogens with two attached hydrogens (primary N) is 1. The van der Waals surface area contributed by atoms with E-state index in [-0.39, 0.29) is 5.91 Å². The van der Waals surface area contributed by atoms with E-state index in [4.69, 9.17) is 5.73 Å². The van der Waals surface area contributed by atoms with Crippen molar-refractivity contribution in [3.05, 3.63) is 65.0 Å². The van der Waals surface area contributed by atoms with Gasteiger partial charge in [-0.25, -0.2) is 0 Å². The molecular weight excluding hydrogens is 280 g/mol. The number of benzene rings is 2. The van der Waals surface area contributed by atoms with Gasteiger partial charge in [-0.1, -0.05) is 36.4 Å². The number of para-hydroxylation sites is 1. The van der Waals surface area contributed by atoms with E-state index < -0.39 is 6.04 Å². The predicted molar refractivity (Wildman–Crippen MR) is 88.6 cm³/mol. The van der Waals surface area contributed by atoms with Crippen molar-refractivity contribution in [1.29, 1.82) is 0 Å². The van der Waals surface area contributed by atoms with Crippen LogP contribution in [0.1, 0.15) is 17.2 Å². The molecule has 3 N–H and O–H groups in total. The standard InChI is InChI=1S/C17H16N2OS/c1-11-6-2-4-8-14(11)19-16(17(18)20)13-10-21-15-9-5-3-7-12(13)15/h2-10,16,19H,1H3,(H2,18,20). The van der Waals surface area contributed by atoms with Gasteiger partial charge in [0, 0.05) is 16.0 Å². The molecule has 1 atom stereocenters. The number of anilines is 1. The second-order valence-corrected chi connectivity index (χ2v) is 5.89. The molecule has 3 rings (SSSR count). The first-order chi connectivity index (χ1) is 10.2. The molecule has 21 heavy (non-hydrogen) atoms. The molecule has 0 aliphatic carbocycles. The molecule has 0 saturated carbocycles. The first-order valence-electron chi connectivity index (χ1n) is 6.74. The maximum Gasteiger partial charge on any atom is 0.244 e. The van der Waals surface area contributed by atoms with Crippen LogP contribution < -0.4 is 11.1 Å². The molecule has 3 nitrogen and oxygen atoms in total. The van der Waals surface area contributed by atoms with Gasteiger partial charge in [-0.05, 0) is 35.4 Å². The van der Waals surface area contributed by atoms with E-state index in [9.17, 15) is 4.79 Å². The Morgan fingerprint density at radius 1 is 1.14 bits per heavy atom. The summed E-state index contributed by atoms with van der Waals surface area (Å²) in [6.07, 6.45) is 0. The monoisotopic (exact) mass is 296 g/mol. The molecule has 0 fully saturated rings. The van der Waals surface area contributed by atoms with Gasteiger partial charge in [0.05, 0.1) is 0 Å². The quantitative estimate of drug-likeness (QED) is 0.768. The van der Waals surface area contributed by atoms with Crippen LogP contribution in [0.25, 0.3) is 10.1 Å². The Morgan fingerprint density at radius 2 is 1.86 bits per heavy atom. The number of nitrogens with one attached hydrogen (secondary N) is 1. The average Bonchev–Trinajstić information content (AvgIpc) is 2.90.